The summed E-state index contributed by atoms with van der Waals surface area (Å²) >= 11 is 2.59. The fourth-order valence-electron chi connectivity index (χ4n) is 4.85. The molecule has 29 heavy (non-hydrogen) atoms. The Balaban J connectivity index is 2.67. The van der Waals surface area contributed by atoms with Gasteiger partial charge in [0.1, 0.15) is 0 Å². The van der Waals surface area contributed by atoms with E-state index >= 15 is 0 Å². The number of anilines is 1. The molecular formula is C26H39NSSn. The van der Waals surface area contributed by atoms with Gasteiger partial charge in [-0.25, -0.2) is 0 Å². The fourth-order valence-corrected chi connectivity index (χ4v) is 23.8. The van der Waals surface area contributed by atoms with Crippen molar-refractivity contribution in [2.24, 2.45) is 0 Å². The second kappa shape index (κ2) is 13.4. The van der Waals surface area contributed by atoms with E-state index in [9.17, 15) is 0 Å². The van der Waals surface area contributed by atoms with Crippen LogP contribution >= 0.6 is 12.2 Å². The van der Waals surface area contributed by atoms with E-state index in [2.05, 4.69) is 80.7 Å². The van der Waals surface area contributed by atoms with E-state index in [1.807, 2.05) is 0 Å². The molecular weight excluding hydrogens is 477 g/mol. The molecule has 2 aromatic carbocycles. The molecule has 0 aromatic heterocycles. The van der Waals surface area contributed by atoms with E-state index in [4.69, 9.17) is 12.2 Å². The summed E-state index contributed by atoms with van der Waals surface area (Å²) in [6.07, 6.45) is 8.07. The molecule has 0 spiro atoms. The zero-order valence-electron chi connectivity index (χ0n) is 18.6. The van der Waals surface area contributed by atoms with Crippen molar-refractivity contribution < 1.29 is 0 Å². The number of hydrogen-bond donors (Lipinski definition) is 1. The van der Waals surface area contributed by atoms with E-state index in [1.165, 1.54) is 68.6 Å². The molecule has 1 N–H and O–H groups in total. The molecule has 0 saturated carbocycles. The van der Waals surface area contributed by atoms with Crippen LogP contribution in [0.3, 0.4) is 0 Å². The van der Waals surface area contributed by atoms with E-state index in [1.54, 1.807) is 5.49 Å². The van der Waals surface area contributed by atoms with Gasteiger partial charge in [-0.1, -0.05) is 0 Å². The molecule has 0 aliphatic rings. The van der Waals surface area contributed by atoms with Gasteiger partial charge in [0.15, 0.2) is 0 Å². The second-order valence-corrected chi connectivity index (χ2v) is 22.3. The van der Waals surface area contributed by atoms with Crippen LogP contribution in [0.1, 0.15) is 74.4 Å². The molecule has 0 amide bonds. The Morgan fingerprint density at radius 2 is 1.31 bits per heavy atom. The molecule has 0 aliphatic carbocycles. The molecule has 3 heteroatoms. The fraction of sp³-hybridized carbons (Fsp3) is 0.500. The van der Waals surface area contributed by atoms with E-state index < -0.39 is 18.4 Å². The monoisotopic (exact) mass is 517 g/mol. The van der Waals surface area contributed by atoms with Crippen LogP contribution in [0.25, 0.3) is 0 Å². The standard InChI is InChI=1S/C14H12NS.3C4H9.Sn/c16-11-15-14-9-5-4-8-13(14)10-12-6-2-1-3-7-12;3*1-3-4-2;/h1-11H,(H,15,16);3*1,3-4H2,2H3;. The van der Waals surface area contributed by atoms with E-state index in [0.717, 1.165) is 0 Å². The van der Waals surface area contributed by atoms with Crippen LogP contribution in [0.4, 0.5) is 5.69 Å². The SMILES string of the molecule is CCC[CH2][Sn]([CH2]CCC)([CH2]CCC)[CH](c1ccccc1)c1ccccc1NC=S. The summed E-state index contributed by atoms with van der Waals surface area (Å²) < 4.78 is 5.08. The molecule has 1 atom stereocenters. The third-order valence-corrected chi connectivity index (χ3v) is 23.3. The van der Waals surface area contributed by atoms with Gasteiger partial charge in [0.05, 0.1) is 0 Å². The molecule has 0 fully saturated rings. The molecule has 0 aliphatic heterocycles. The first kappa shape index (κ1) is 24.4. The summed E-state index contributed by atoms with van der Waals surface area (Å²) in [6, 6.07) is 20.3. The molecule has 0 radical (unpaired) electrons. The van der Waals surface area contributed by atoms with Gasteiger partial charge in [-0.15, -0.1) is 0 Å². The third kappa shape index (κ3) is 6.82. The van der Waals surface area contributed by atoms with Crippen LogP contribution in [0.5, 0.6) is 0 Å². The van der Waals surface area contributed by atoms with Gasteiger partial charge in [-0.2, -0.15) is 0 Å². The van der Waals surface area contributed by atoms with Crippen LogP contribution in [0.2, 0.25) is 13.3 Å². The summed E-state index contributed by atoms with van der Waals surface area (Å²) in [6.45, 7) is 7.07. The van der Waals surface area contributed by atoms with Crippen molar-refractivity contribution in [1.82, 2.24) is 0 Å². The van der Waals surface area contributed by atoms with E-state index in [-0.39, 0.29) is 0 Å². The van der Waals surface area contributed by atoms with E-state index in [0.29, 0.717) is 3.93 Å². The molecule has 158 valence electrons. The third-order valence-electron chi connectivity index (χ3n) is 6.32. The molecule has 0 heterocycles. The second-order valence-electron chi connectivity index (χ2n) is 8.37. The van der Waals surface area contributed by atoms with Crippen LogP contribution < -0.4 is 5.32 Å². The average Bonchev–Trinajstić information content (AvgIpc) is 2.76. The van der Waals surface area contributed by atoms with Gasteiger partial charge in [-0.3, -0.25) is 0 Å². The maximum absolute atomic E-state index is 5.18. The first-order valence-electron chi connectivity index (χ1n) is 11.6. The minimum absolute atomic E-state index is 0.591. The predicted octanol–water partition coefficient (Wildman–Crippen LogP) is 8.58. The van der Waals surface area contributed by atoms with Crippen molar-refractivity contribution in [3.05, 3.63) is 65.7 Å². The number of hydrogen-bond acceptors (Lipinski definition) is 1. The van der Waals surface area contributed by atoms with Gasteiger partial charge in [0, 0.05) is 0 Å². The van der Waals surface area contributed by atoms with Crippen molar-refractivity contribution in [3.8, 4) is 0 Å². The topological polar surface area (TPSA) is 12.0 Å². The number of rotatable bonds is 14. The molecule has 1 unspecified atom stereocenters. The van der Waals surface area contributed by atoms with Gasteiger partial charge in [0.25, 0.3) is 0 Å². The number of benzene rings is 2. The Kier molecular flexibility index (Phi) is 11.3. The summed E-state index contributed by atoms with van der Waals surface area (Å²) in [5.74, 6) is 0. The van der Waals surface area contributed by atoms with Crippen LogP contribution in [0.15, 0.2) is 54.6 Å². The average molecular weight is 516 g/mol. The number of para-hydroxylation sites is 1. The Morgan fingerprint density at radius 3 is 1.83 bits per heavy atom. The quantitative estimate of drug-likeness (QED) is 0.199. The van der Waals surface area contributed by atoms with Crippen molar-refractivity contribution in [1.29, 1.82) is 0 Å². The van der Waals surface area contributed by atoms with Crippen LogP contribution in [0, 0.1) is 0 Å². The molecule has 0 bridgehead atoms. The summed E-state index contributed by atoms with van der Waals surface area (Å²) in [5, 5.41) is 3.39. The maximum atomic E-state index is 5.18. The summed E-state index contributed by atoms with van der Waals surface area (Å²) in [7, 11) is 0. The van der Waals surface area contributed by atoms with Crippen molar-refractivity contribution >= 4 is 41.8 Å². The normalized spacial score (nSPS) is 12.5. The molecule has 0 saturated heterocycles. The van der Waals surface area contributed by atoms with Crippen LogP contribution in [-0.4, -0.2) is 23.9 Å². The number of unbranched alkanes of at least 4 members (excludes halogenated alkanes) is 3. The zero-order chi connectivity index (χ0) is 21.0. The first-order chi connectivity index (χ1) is 14.2. The Labute approximate surface area is 188 Å². The minimum atomic E-state index is -2.59. The number of thiocarbonyl (C=S) groups is 1. The molecule has 2 aromatic rings. The molecule has 1 nitrogen and oxygen atoms in total. The predicted molar refractivity (Wildman–Crippen MR) is 137 cm³/mol. The summed E-state index contributed by atoms with van der Waals surface area (Å²) in [5.41, 5.74) is 5.90. The van der Waals surface area contributed by atoms with Crippen molar-refractivity contribution in [2.45, 2.75) is 76.5 Å². The van der Waals surface area contributed by atoms with Gasteiger partial charge in [0.2, 0.25) is 0 Å². The van der Waals surface area contributed by atoms with Gasteiger partial charge in [-0.05, 0) is 0 Å². The van der Waals surface area contributed by atoms with Crippen molar-refractivity contribution in [3.63, 3.8) is 0 Å². The van der Waals surface area contributed by atoms with Gasteiger partial charge >= 0.3 is 189 Å². The van der Waals surface area contributed by atoms with Crippen molar-refractivity contribution in [2.75, 3.05) is 5.32 Å². The van der Waals surface area contributed by atoms with Crippen LogP contribution in [-0.2, 0) is 0 Å². The Bertz CT molecular complexity index is 694. The first-order valence-corrected chi connectivity index (χ1v) is 19.7. The zero-order valence-corrected chi connectivity index (χ0v) is 22.3. The Hall–Kier alpha value is -0.871. The Morgan fingerprint density at radius 1 is 0.793 bits per heavy atom. The number of nitrogens with one attached hydrogen (secondary N) is 1. The summed E-state index contributed by atoms with van der Waals surface area (Å²) in [4.78, 5) is 0. The molecule has 2 rings (SSSR count). The van der Waals surface area contributed by atoms with Gasteiger partial charge < -0.3 is 0 Å².